The summed E-state index contributed by atoms with van der Waals surface area (Å²) in [6, 6.07) is 2.14. The molecule has 2 fully saturated rings. The van der Waals surface area contributed by atoms with Gasteiger partial charge in [0.15, 0.2) is 0 Å². The Morgan fingerprint density at radius 3 is 2.21 bits per heavy atom. The number of fused-ring (bicyclic) bond motifs is 2. The molecule has 5 heteroatoms. The van der Waals surface area contributed by atoms with Gasteiger partial charge in [0.25, 0.3) is 0 Å². The van der Waals surface area contributed by atoms with Crippen molar-refractivity contribution in [1.82, 2.24) is 21.3 Å². The van der Waals surface area contributed by atoms with Gasteiger partial charge in [-0.05, 0) is 38.0 Å². The lowest BCUT2D eigenvalue weighted by molar-refractivity contribution is 0.301. The molecule has 2 saturated carbocycles. The van der Waals surface area contributed by atoms with Gasteiger partial charge in [-0.3, -0.25) is 4.99 Å². The molecule has 24 heavy (non-hydrogen) atoms. The van der Waals surface area contributed by atoms with E-state index in [1.807, 2.05) is 6.21 Å². The van der Waals surface area contributed by atoms with Crippen LogP contribution in [0.1, 0.15) is 51.4 Å². The Labute approximate surface area is 147 Å². The van der Waals surface area contributed by atoms with Crippen LogP contribution in [0, 0.1) is 0 Å². The largest absolute Gasteiger partial charge is 0.387 e. The Morgan fingerprint density at radius 2 is 1.38 bits per heavy atom. The topological polar surface area (TPSA) is 60.5 Å². The lowest BCUT2D eigenvalue weighted by Crippen LogP contribution is -2.50. The van der Waals surface area contributed by atoms with Crippen molar-refractivity contribution in [3.63, 3.8) is 0 Å². The molecule has 0 aromatic rings. The van der Waals surface area contributed by atoms with Crippen LogP contribution in [0.4, 0.5) is 0 Å². The van der Waals surface area contributed by atoms with E-state index in [1.165, 1.54) is 51.4 Å². The van der Waals surface area contributed by atoms with Crippen molar-refractivity contribution in [2.45, 2.75) is 75.5 Å². The van der Waals surface area contributed by atoms with Gasteiger partial charge in [-0.25, -0.2) is 0 Å². The van der Waals surface area contributed by atoms with Gasteiger partial charge >= 0.3 is 0 Å². The number of rotatable bonds is 0. The van der Waals surface area contributed by atoms with Crippen LogP contribution in [-0.2, 0) is 0 Å². The van der Waals surface area contributed by atoms with Crippen LogP contribution in [0.5, 0.6) is 0 Å². The van der Waals surface area contributed by atoms with Crippen LogP contribution in [0.3, 0.4) is 0 Å². The molecule has 0 radical (unpaired) electrons. The highest BCUT2D eigenvalue weighted by molar-refractivity contribution is 5.71. The number of nitrogens with one attached hydrogen (secondary N) is 4. The monoisotopic (exact) mass is 333 g/mol. The second-order valence-corrected chi connectivity index (χ2v) is 7.44. The van der Waals surface area contributed by atoms with Gasteiger partial charge in [0.1, 0.15) is 0 Å². The number of hydrogen-bond donors (Lipinski definition) is 4. The van der Waals surface area contributed by atoms with E-state index in [-0.39, 0.29) is 0 Å². The van der Waals surface area contributed by atoms with E-state index < -0.39 is 0 Å². The second kappa shape index (κ2) is 10.2. The Balaban J connectivity index is 1.59. The molecule has 3 aliphatic rings. The van der Waals surface area contributed by atoms with E-state index in [9.17, 15) is 0 Å². The second-order valence-electron chi connectivity index (χ2n) is 7.44. The van der Waals surface area contributed by atoms with Gasteiger partial charge in [-0.15, -0.1) is 0 Å². The maximum atomic E-state index is 4.83. The van der Waals surface area contributed by atoms with Crippen molar-refractivity contribution in [3.05, 3.63) is 12.3 Å². The number of aliphatic imine (C=N–C) groups is 1. The van der Waals surface area contributed by atoms with Crippen molar-refractivity contribution >= 4 is 6.21 Å². The molecular formula is C19H35N5. The first kappa shape index (κ1) is 17.9. The first-order valence-corrected chi connectivity index (χ1v) is 10.1. The van der Waals surface area contributed by atoms with Crippen molar-refractivity contribution < 1.29 is 0 Å². The molecule has 3 rings (SSSR count). The molecule has 2 aliphatic carbocycles. The highest BCUT2D eigenvalue weighted by Crippen LogP contribution is 2.21. The molecule has 0 aromatic heterocycles. The van der Waals surface area contributed by atoms with Crippen LogP contribution < -0.4 is 21.3 Å². The minimum atomic E-state index is 0.445. The van der Waals surface area contributed by atoms with Gasteiger partial charge in [0, 0.05) is 50.5 Å². The molecule has 136 valence electrons. The van der Waals surface area contributed by atoms with Crippen molar-refractivity contribution in [1.29, 1.82) is 0 Å². The summed E-state index contributed by atoms with van der Waals surface area (Å²) in [5.41, 5.74) is 0. The molecule has 0 amide bonds. The van der Waals surface area contributed by atoms with E-state index in [1.54, 1.807) is 0 Å². The summed E-state index contributed by atoms with van der Waals surface area (Å²) in [6.07, 6.45) is 16.6. The van der Waals surface area contributed by atoms with Crippen molar-refractivity contribution in [2.24, 2.45) is 4.99 Å². The molecule has 0 unspecified atom stereocenters. The first-order chi connectivity index (χ1) is 11.9. The molecule has 4 N–H and O–H groups in total. The molecule has 1 aliphatic heterocycles. The molecule has 4 atom stereocenters. The molecule has 0 aromatic carbocycles. The maximum Gasteiger partial charge on any atom is 0.0652 e. The lowest BCUT2D eigenvalue weighted by Gasteiger charge is -2.33. The van der Waals surface area contributed by atoms with Gasteiger partial charge in [0.2, 0.25) is 0 Å². The Hall–Kier alpha value is -0.910. The fourth-order valence-electron chi connectivity index (χ4n) is 4.30. The third kappa shape index (κ3) is 5.57. The van der Waals surface area contributed by atoms with Crippen LogP contribution in [0.25, 0.3) is 0 Å². The Morgan fingerprint density at radius 1 is 0.708 bits per heavy atom. The highest BCUT2D eigenvalue weighted by Gasteiger charge is 2.24. The minimum Gasteiger partial charge on any atom is -0.387 e. The SMILES string of the molecule is C1=C\N[C@@H]2CCCC[C@H]2NCCNCCN[C@@H]2CCCC[C@H]2/N=C/1. The van der Waals surface area contributed by atoms with E-state index >= 15 is 0 Å². The van der Waals surface area contributed by atoms with Crippen LogP contribution in [-0.4, -0.2) is 56.6 Å². The van der Waals surface area contributed by atoms with Gasteiger partial charge in [-0.1, -0.05) is 25.7 Å². The van der Waals surface area contributed by atoms with Crippen LogP contribution in [0.15, 0.2) is 17.3 Å². The quantitative estimate of drug-likeness (QED) is 0.543. The van der Waals surface area contributed by atoms with E-state index in [2.05, 4.69) is 33.5 Å². The smallest absolute Gasteiger partial charge is 0.0652 e. The zero-order chi connectivity index (χ0) is 16.5. The van der Waals surface area contributed by atoms with E-state index in [0.29, 0.717) is 24.2 Å². The summed E-state index contributed by atoms with van der Waals surface area (Å²) in [4.78, 5) is 4.83. The van der Waals surface area contributed by atoms with E-state index in [4.69, 9.17) is 4.99 Å². The number of allylic oxidation sites excluding steroid dienone is 1. The summed E-state index contributed by atoms with van der Waals surface area (Å²) >= 11 is 0. The fourth-order valence-corrected chi connectivity index (χ4v) is 4.30. The number of hydrogen-bond acceptors (Lipinski definition) is 5. The predicted molar refractivity (Wildman–Crippen MR) is 102 cm³/mol. The standard InChI is InChI=1S/C19H35N5/c1-3-8-18-16(6-1)21-10-5-11-22-17-7-2-4-9-19(17)24-15-13-20-12-14-23-18/h5,10-11,16-21,23-24H,1-4,6-9,12-15H2/b10-5-,22-11+/t16-,17-,18-,19-/m1/s1. The summed E-state index contributed by atoms with van der Waals surface area (Å²) in [5, 5.41) is 14.6. The van der Waals surface area contributed by atoms with Crippen LogP contribution in [0.2, 0.25) is 0 Å². The van der Waals surface area contributed by atoms with Crippen molar-refractivity contribution in [2.75, 3.05) is 26.2 Å². The van der Waals surface area contributed by atoms with E-state index in [0.717, 1.165) is 26.2 Å². The molecule has 5 nitrogen and oxygen atoms in total. The first-order valence-electron chi connectivity index (χ1n) is 10.1. The fraction of sp³-hybridized carbons (Fsp3) is 0.842. The molecule has 0 spiro atoms. The van der Waals surface area contributed by atoms with Gasteiger partial charge in [-0.2, -0.15) is 0 Å². The summed E-state index contributed by atoms with van der Waals surface area (Å²) in [7, 11) is 0. The maximum absolute atomic E-state index is 4.83. The average Bonchev–Trinajstić information content (AvgIpc) is 2.62. The zero-order valence-corrected chi connectivity index (χ0v) is 15.0. The van der Waals surface area contributed by atoms with Crippen LogP contribution >= 0.6 is 0 Å². The molecule has 0 bridgehead atoms. The highest BCUT2D eigenvalue weighted by atomic mass is 15.0. The van der Waals surface area contributed by atoms with Gasteiger partial charge < -0.3 is 21.3 Å². The summed E-state index contributed by atoms with van der Waals surface area (Å²) < 4.78 is 0. The summed E-state index contributed by atoms with van der Waals surface area (Å²) in [5.74, 6) is 0. The number of nitrogens with zero attached hydrogens (tertiary/aromatic N) is 1. The Bertz CT molecular complexity index is 409. The average molecular weight is 334 g/mol. The summed E-state index contributed by atoms with van der Waals surface area (Å²) in [6.45, 7) is 4.19. The zero-order valence-electron chi connectivity index (χ0n) is 15.0. The van der Waals surface area contributed by atoms with Gasteiger partial charge in [0.05, 0.1) is 6.04 Å². The predicted octanol–water partition coefficient (Wildman–Crippen LogP) is 1.57. The molecule has 0 saturated heterocycles. The minimum absolute atomic E-state index is 0.445. The molecular weight excluding hydrogens is 298 g/mol. The molecule has 1 heterocycles. The Kier molecular flexibility index (Phi) is 7.58. The lowest BCUT2D eigenvalue weighted by atomic mass is 9.90. The third-order valence-corrected chi connectivity index (χ3v) is 5.68. The normalized spacial score (nSPS) is 39.0. The van der Waals surface area contributed by atoms with Crippen molar-refractivity contribution in [3.8, 4) is 0 Å². The third-order valence-electron chi connectivity index (χ3n) is 5.68.